The molecule has 0 saturated carbocycles. The number of hydrogen-bond donors (Lipinski definition) is 2. The summed E-state index contributed by atoms with van der Waals surface area (Å²) in [4.78, 5) is 34.3. The van der Waals surface area contributed by atoms with E-state index in [1.165, 1.54) is 0 Å². The Morgan fingerprint density at radius 3 is 2.00 bits per heavy atom. The molecule has 0 aliphatic heterocycles. The molecule has 0 aliphatic rings. The van der Waals surface area contributed by atoms with Crippen molar-refractivity contribution in [3.05, 3.63) is 0 Å². The maximum absolute atomic E-state index is 11.7. The highest BCUT2D eigenvalue weighted by atomic mass is 16.6. The number of nitrogens with one attached hydrogen (secondary N) is 1. The molecular weight excluding hydrogens is 248 g/mol. The second kappa shape index (κ2) is 6.54. The Balaban J connectivity index is 4.27. The zero-order valence-corrected chi connectivity index (χ0v) is 12.3. The molecule has 110 valence electrons. The van der Waals surface area contributed by atoms with Crippen LogP contribution in [0.1, 0.15) is 53.9 Å². The Morgan fingerprint density at radius 1 is 1.11 bits per heavy atom. The van der Waals surface area contributed by atoms with E-state index in [1.54, 1.807) is 34.6 Å². The number of primary amides is 1. The molecule has 19 heavy (non-hydrogen) atoms. The van der Waals surface area contributed by atoms with Crippen molar-refractivity contribution in [2.75, 3.05) is 0 Å². The zero-order chi connectivity index (χ0) is 15.3. The molecule has 0 fully saturated rings. The molecule has 0 aliphatic carbocycles. The molecule has 6 heteroatoms. The highest BCUT2D eigenvalue weighted by molar-refractivity contribution is 5.90. The molecule has 0 saturated heterocycles. The first-order valence-electron chi connectivity index (χ1n) is 6.33. The summed E-state index contributed by atoms with van der Waals surface area (Å²) in [6.45, 7) is 8.57. The monoisotopic (exact) mass is 272 g/mol. The van der Waals surface area contributed by atoms with Gasteiger partial charge in [0.25, 0.3) is 0 Å². The van der Waals surface area contributed by atoms with Gasteiger partial charge in [0.1, 0.15) is 11.1 Å². The quantitative estimate of drug-likeness (QED) is 0.701. The molecule has 0 rings (SSSR count). The lowest BCUT2D eigenvalue weighted by Gasteiger charge is -2.26. The van der Waals surface area contributed by atoms with Gasteiger partial charge in [-0.1, -0.05) is 6.92 Å². The van der Waals surface area contributed by atoms with Crippen LogP contribution < -0.4 is 11.1 Å². The van der Waals surface area contributed by atoms with Crippen molar-refractivity contribution in [1.29, 1.82) is 0 Å². The molecule has 0 heterocycles. The largest absolute Gasteiger partial charge is 0.460 e. The lowest BCUT2D eigenvalue weighted by atomic mass is 9.98. The first-order chi connectivity index (χ1) is 8.50. The minimum Gasteiger partial charge on any atom is -0.460 e. The van der Waals surface area contributed by atoms with Crippen LogP contribution in [0.3, 0.4) is 0 Å². The van der Waals surface area contributed by atoms with Crippen LogP contribution in [0.25, 0.3) is 0 Å². The van der Waals surface area contributed by atoms with Gasteiger partial charge in [-0.2, -0.15) is 0 Å². The smallest absolute Gasteiger partial charge is 0.306 e. The molecule has 0 radical (unpaired) electrons. The Morgan fingerprint density at radius 2 is 1.63 bits per heavy atom. The Bertz CT molecular complexity index is 360. The van der Waals surface area contributed by atoms with E-state index in [4.69, 9.17) is 10.5 Å². The van der Waals surface area contributed by atoms with E-state index in [0.29, 0.717) is 6.42 Å². The standard InChI is InChI=1S/C13H24N2O4/c1-6-13(5,11(14)18)15-9(16)7-8-10(17)19-12(2,3)4/h6-8H2,1-5H3,(H2,14,18)(H,15,16). The summed E-state index contributed by atoms with van der Waals surface area (Å²) >= 11 is 0. The SMILES string of the molecule is CCC(C)(NC(=O)CCC(=O)OC(C)(C)C)C(N)=O. The molecule has 2 amide bonds. The van der Waals surface area contributed by atoms with Crippen LogP contribution >= 0.6 is 0 Å². The maximum Gasteiger partial charge on any atom is 0.306 e. The fourth-order valence-electron chi connectivity index (χ4n) is 1.30. The predicted molar refractivity (Wildman–Crippen MR) is 71.1 cm³/mol. The van der Waals surface area contributed by atoms with Gasteiger partial charge in [-0.15, -0.1) is 0 Å². The molecule has 0 aromatic heterocycles. The number of hydrogen-bond acceptors (Lipinski definition) is 4. The Kier molecular flexibility index (Phi) is 5.99. The van der Waals surface area contributed by atoms with Gasteiger partial charge in [-0.25, -0.2) is 0 Å². The van der Waals surface area contributed by atoms with Gasteiger partial charge in [0.15, 0.2) is 0 Å². The first kappa shape index (κ1) is 17.4. The lowest BCUT2D eigenvalue weighted by molar-refractivity contribution is -0.155. The van der Waals surface area contributed by atoms with Crippen molar-refractivity contribution in [2.24, 2.45) is 5.73 Å². The number of carbonyl (C=O) groups is 3. The number of ether oxygens (including phenoxy) is 1. The van der Waals surface area contributed by atoms with E-state index >= 15 is 0 Å². The average Bonchev–Trinajstić information content (AvgIpc) is 2.23. The molecule has 0 bridgehead atoms. The van der Waals surface area contributed by atoms with E-state index in [2.05, 4.69) is 5.32 Å². The predicted octanol–water partition coefficient (Wildman–Crippen LogP) is 0.879. The average molecular weight is 272 g/mol. The van der Waals surface area contributed by atoms with Crippen LogP contribution in [-0.2, 0) is 19.1 Å². The number of esters is 1. The van der Waals surface area contributed by atoms with E-state index in [9.17, 15) is 14.4 Å². The van der Waals surface area contributed by atoms with Crippen molar-refractivity contribution < 1.29 is 19.1 Å². The molecule has 0 aromatic carbocycles. The summed E-state index contributed by atoms with van der Waals surface area (Å²) in [7, 11) is 0. The van der Waals surface area contributed by atoms with Crippen molar-refractivity contribution in [1.82, 2.24) is 5.32 Å². The Labute approximate surface area is 114 Å². The third-order valence-electron chi connectivity index (χ3n) is 2.64. The van der Waals surface area contributed by atoms with E-state index in [-0.39, 0.29) is 12.8 Å². The molecule has 3 N–H and O–H groups in total. The van der Waals surface area contributed by atoms with Gasteiger partial charge in [-0.05, 0) is 34.1 Å². The normalized spacial score (nSPS) is 14.4. The fourth-order valence-corrected chi connectivity index (χ4v) is 1.30. The van der Waals surface area contributed by atoms with Crippen molar-refractivity contribution >= 4 is 17.8 Å². The minimum absolute atomic E-state index is 0.0261. The number of carbonyl (C=O) groups excluding carboxylic acids is 3. The zero-order valence-electron chi connectivity index (χ0n) is 12.3. The molecule has 0 spiro atoms. The van der Waals surface area contributed by atoms with Crippen LogP contribution in [0, 0.1) is 0 Å². The molecule has 6 nitrogen and oxygen atoms in total. The minimum atomic E-state index is -1.08. The highest BCUT2D eigenvalue weighted by Gasteiger charge is 2.30. The Hall–Kier alpha value is -1.59. The van der Waals surface area contributed by atoms with E-state index in [1.807, 2.05) is 0 Å². The van der Waals surface area contributed by atoms with Crippen molar-refractivity contribution in [3.63, 3.8) is 0 Å². The van der Waals surface area contributed by atoms with Crippen LogP contribution in [0.4, 0.5) is 0 Å². The maximum atomic E-state index is 11.7. The topological polar surface area (TPSA) is 98.5 Å². The van der Waals surface area contributed by atoms with Crippen LogP contribution in [0.5, 0.6) is 0 Å². The number of nitrogens with two attached hydrogens (primary N) is 1. The second-order valence-electron chi connectivity index (χ2n) is 5.68. The van der Waals surface area contributed by atoms with E-state index < -0.39 is 28.9 Å². The molecular formula is C13H24N2O4. The summed E-state index contributed by atoms with van der Waals surface area (Å²) in [5, 5.41) is 2.54. The molecule has 1 atom stereocenters. The summed E-state index contributed by atoms with van der Waals surface area (Å²) in [5.41, 5.74) is 3.57. The number of amides is 2. The molecule has 0 aromatic rings. The summed E-state index contributed by atoms with van der Waals surface area (Å²) in [5.74, 6) is -1.44. The lowest BCUT2D eigenvalue weighted by Crippen LogP contribution is -2.54. The third kappa shape index (κ3) is 6.79. The fraction of sp³-hybridized carbons (Fsp3) is 0.769. The van der Waals surface area contributed by atoms with Gasteiger partial charge in [0.2, 0.25) is 11.8 Å². The highest BCUT2D eigenvalue weighted by Crippen LogP contribution is 2.11. The van der Waals surface area contributed by atoms with Crippen molar-refractivity contribution in [2.45, 2.75) is 65.0 Å². The number of rotatable bonds is 6. The van der Waals surface area contributed by atoms with Gasteiger partial charge in [-0.3, -0.25) is 14.4 Å². The summed E-state index contributed by atoms with van der Waals surface area (Å²) in [6.07, 6.45) is 0.333. The summed E-state index contributed by atoms with van der Waals surface area (Å²) < 4.78 is 5.08. The second-order valence-corrected chi connectivity index (χ2v) is 5.68. The first-order valence-corrected chi connectivity index (χ1v) is 6.33. The third-order valence-corrected chi connectivity index (χ3v) is 2.64. The molecule has 1 unspecified atom stereocenters. The van der Waals surface area contributed by atoms with Crippen molar-refractivity contribution in [3.8, 4) is 0 Å². The van der Waals surface area contributed by atoms with Crippen LogP contribution in [0.2, 0.25) is 0 Å². The van der Waals surface area contributed by atoms with Gasteiger partial charge in [0.05, 0.1) is 6.42 Å². The van der Waals surface area contributed by atoms with E-state index in [0.717, 1.165) is 0 Å². The van der Waals surface area contributed by atoms with Crippen LogP contribution in [0.15, 0.2) is 0 Å². The van der Waals surface area contributed by atoms with Gasteiger partial charge in [0, 0.05) is 6.42 Å². The van der Waals surface area contributed by atoms with Crippen LogP contribution in [-0.4, -0.2) is 28.9 Å². The summed E-state index contributed by atoms with van der Waals surface area (Å²) in [6, 6.07) is 0. The van der Waals surface area contributed by atoms with Gasteiger partial charge >= 0.3 is 5.97 Å². The van der Waals surface area contributed by atoms with Gasteiger partial charge < -0.3 is 15.8 Å².